The zero-order chi connectivity index (χ0) is 30.5. The molecule has 6 rings (SSSR count). The number of aromatic nitrogens is 1. The van der Waals surface area contributed by atoms with Crippen molar-refractivity contribution in [3.8, 4) is 22.8 Å². The van der Waals surface area contributed by atoms with E-state index >= 15 is 0 Å². The van der Waals surface area contributed by atoms with Crippen LogP contribution in [0.25, 0.3) is 11.3 Å². The number of carbonyl (C=O) groups excluding carboxylic acids is 1. The average molecular weight is 601 g/mol. The molecule has 1 aromatic heterocycles. The minimum atomic E-state index is -4.59. The molecule has 3 aliphatic rings. The third-order valence-corrected chi connectivity index (χ3v) is 7.96. The Hall–Kier alpha value is -4.22. The molecule has 43 heavy (non-hydrogen) atoms. The molecule has 2 fully saturated rings. The number of nitrogens with two attached hydrogens (primary N) is 1. The Bertz CT molecular complexity index is 1600. The van der Waals surface area contributed by atoms with Gasteiger partial charge < -0.3 is 20.5 Å². The Morgan fingerprint density at radius 1 is 1.16 bits per heavy atom. The van der Waals surface area contributed by atoms with Gasteiger partial charge >= 0.3 is 6.18 Å². The summed E-state index contributed by atoms with van der Waals surface area (Å²) in [6.45, 7) is -0.554. The lowest BCUT2D eigenvalue weighted by Gasteiger charge is -2.21. The van der Waals surface area contributed by atoms with E-state index in [1.807, 2.05) is 0 Å². The van der Waals surface area contributed by atoms with Crippen LogP contribution in [0, 0.1) is 17.6 Å². The molecule has 12 heteroatoms. The summed E-state index contributed by atoms with van der Waals surface area (Å²) in [6.07, 6.45) is 0.396. The summed E-state index contributed by atoms with van der Waals surface area (Å²) in [4.78, 5) is 22.0. The Kier molecular flexibility index (Phi) is 7.47. The van der Waals surface area contributed by atoms with Gasteiger partial charge in [-0.15, -0.1) is 0 Å². The SMILES string of the molecule is CN=Cc1cc(C(=O)NC[C@H](c2cc3c(c(-c4ccc(F)c(F)c4)n2)OCC3C(F)(F)F)C2CC2)cc(OC2CC2)c1N. The predicted octanol–water partition coefficient (Wildman–Crippen LogP) is 6.16. The normalized spacial score (nSPS) is 18.8. The summed E-state index contributed by atoms with van der Waals surface area (Å²) >= 11 is 0. The van der Waals surface area contributed by atoms with Crippen molar-refractivity contribution in [1.82, 2.24) is 10.3 Å². The largest absolute Gasteiger partial charge is 0.490 e. The van der Waals surface area contributed by atoms with Crippen LogP contribution in [-0.2, 0) is 0 Å². The number of benzene rings is 2. The summed E-state index contributed by atoms with van der Waals surface area (Å²) in [6, 6.07) is 7.58. The molecule has 0 saturated heterocycles. The molecule has 7 nitrogen and oxygen atoms in total. The van der Waals surface area contributed by atoms with Crippen molar-refractivity contribution in [3.63, 3.8) is 0 Å². The molecule has 2 heterocycles. The van der Waals surface area contributed by atoms with Crippen molar-refractivity contribution in [2.45, 2.75) is 49.8 Å². The molecular weight excluding hydrogens is 571 g/mol. The van der Waals surface area contributed by atoms with Crippen molar-refractivity contribution in [2.75, 3.05) is 25.9 Å². The van der Waals surface area contributed by atoms with Gasteiger partial charge in [0.15, 0.2) is 11.6 Å². The first-order valence-corrected chi connectivity index (χ1v) is 14.0. The first kappa shape index (κ1) is 28.9. The summed E-state index contributed by atoms with van der Waals surface area (Å²) < 4.78 is 81.1. The minimum absolute atomic E-state index is 0.000905. The summed E-state index contributed by atoms with van der Waals surface area (Å²) in [7, 11) is 1.58. The molecule has 0 radical (unpaired) electrons. The molecule has 1 aliphatic heterocycles. The zero-order valence-electron chi connectivity index (χ0n) is 23.2. The highest BCUT2D eigenvalue weighted by atomic mass is 19.4. The molecule has 0 spiro atoms. The van der Waals surface area contributed by atoms with E-state index in [0.717, 1.165) is 37.8 Å². The highest BCUT2D eigenvalue weighted by Gasteiger charge is 2.48. The third kappa shape index (κ3) is 6.00. The number of fused-ring (bicyclic) bond motifs is 1. The van der Waals surface area contributed by atoms with E-state index in [9.17, 15) is 26.7 Å². The summed E-state index contributed by atoms with van der Waals surface area (Å²) in [5, 5.41) is 2.91. The lowest BCUT2D eigenvalue weighted by atomic mass is 9.92. The fourth-order valence-corrected chi connectivity index (χ4v) is 5.34. The Morgan fingerprint density at radius 3 is 2.58 bits per heavy atom. The van der Waals surface area contributed by atoms with Crippen LogP contribution in [0.5, 0.6) is 11.5 Å². The van der Waals surface area contributed by atoms with E-state index in [0.29, 0.717) is 28.3 Å². The number of hydrogen-bond acceptors (Lipinski definition) is 6. The second-order valence-corrected chi connectivity index (χ2v) is 11.2. The van der Waals surface area contributed by atoms with Crippen molar-refractivity contribution < 1.29 is 36.2 Å². The number of nitrogens with one attached hydrogen (secondary N) is 1. The Balaban J connectivity index is 1.33. The molecule has 226 valence electrons. The van der Waals surface area contributed by atoms with Crippen molar-refractivity contribution in [2.24, 2.45) is 10.9 Å². The van der Waals surface area contributed by atoms with E-state index in [-0.39, 0.29) is 41.1 Å². The van der Waals surface area contributed by atoms with Gasteiger partial charge in [-0.1, -0.05) is 0 Å². The van der Waals surface area contributed by atoms with Gasteiger partial charge in [-0.2, -0.15) is 13.2 Å². The Labute approximate surface area is 244 Å². The van der Waals surface area contributed by atoms with Crippen molar-refractivity contribution >= 4 is 17.8 Å². The molecule has 1 unspecified atom stereocenters. The standard InChI is InChI=1S/C31H29F5N4O3/c1-38-12-18-8-17(10-26(27(18)37)43-19-5-6-19)30(41)39-13-21(15-2-3-15)25-11-20-22(31(34,35)36)14-42-29(20)28(40-25)16-4-7-23(32)24(33)9-16/h4,7-12,15,19,21-22H,2-3,5-6,13-14,37H2,1H3,(H,39,41)/t21-,22?/m0/s1. The second-order valence-electron chi connectivity index (χ2n) is 11.2. The van der Waals surface area contributed by atoms with Gasteiger partial charge in [-0.05, 0) is 68.0 Å². The van der Waals surface area contributed by atoms with Crippen LogP contribution in [0.15, 0.2) is 41.4 Å². The number of aliphatic imine (C=N–C) groups is 1. The third-order valence-electron chi connectivity index (χ3n) is 7.96. The topological polar surface area (TPSA) is 98.8 Å². The van der Waals surface area contributed by atoms with Gasteiger partial charge in [0, 0.05) is 53.7 Å². The fourth-order valence-electron chi connectivity index (χ4n) is 5.34. The van der Waals surface area contributed by atoms with Crippen LogP contribution in [0.1, 0.15) is 64.7 Å². The second kappa shape index (κ2) is 11.1. The molecule has 3 aromatic rings. The number of rotatable bonds is 9. The molecule has 3 N–H and O–H groups in total. The molecule has 0 bridgehead atoms. The van der Waals surface area contributed by atoms with Gasteiger partial charge in [0.05, 0.1) is 11.8 Å². The summed E-state index contributed by atoms with van der Waals surface area (Å²) in [5.74, 6) is -4.65. The number of nitrogens with zero attached hydrogens (tertiary/aromatic N) is 2. The number of ether oxygens (including phenoxy) is 2. The Morgan fingerprint density at radius 2 is 1.93 bits per heavy atom. The molecule has 2 atom stereocenters. The number of alkyl halides is 3. The molecular formula is C31H29F5N4O3. The van der Waals surface area contributed by atoms with E-state index in [2.05, 4.69) is 15.3 Å². The van der Waals surface area contributed by atoms with Crippen molar-refractivity contribution in [3.05, 3.63) is 70.4 Å². The number of pyridine rings is 1. The predicted molar refractivity (Wildman–Crippen MR) is 150 cm³/mol. The number of hydrogen-bond donors (Lipinski definition) is 2. The van der Waals surface area contributed by atoms with E-state index in [1.165, 1.54) is 18.3 Å². The van der Waals surface area contributed by atoms with Crippen LogP contribution in [-0.4, -0.2) is 49.6 Å². The molecule has 1 amide bonds. The fraction of sp³-hybridized carbons (Fsp3) is 0.387. The van der Waals surface area contributed by atoms with Gasteiger partial charge in [0.2, 0.25) is 0 Å². The van der Waals surface area contributed by atoms with Crippen molar-refractivity contribution in [1.29, 1.82) is 0 Å². The van der Waals surface area contributed by atoms with Crippen LogP contribution < -0.4 is 20.5 Å². The quantitative estimate of drug-likeness (QED) is 0.174. The van der Waals surface area contributed by atoms with Gasteiger partial charge in [-0.3, -0.25) is 9.79 Å². The minimum Gasteiger partial charge on any atom is -0.490 e. The van der Waals surface area contributed by atoms with Crippen LogP contribution in [0.2, 0.25) is 0 Å². The summed E-state index contributed by atoms with van der Waals surface area (Å²) in [5.41, 5.74) is 7.72. The lowest BCUT2D eigenvalue weighted by Crippen LogP contribution is -2.30. The molecule has 2 aromatic carbocycles. The van der Waals surface area contributed by atoms with Crippen LogP contribution in [0.4, 0.5) is 27.6 Å². The maximum Gasteiger partial charge on any atom is 0.399 e. The lowest BCUT2D eigenvalue weighted by molar-refractivity contribution is -0.151. The van der Waals surface area contributed by atoms with Crippen LogP contribution >= 0.6 is 0 Å². The highest BCUT2D eigenvalue weighted by molar-refractivity contribution is 5.99. The van der Waals surface area contributed by atoms with E-state index < -0.39 is 42.2 Å². The van der Waals surface area contributed by atoms with Crippen LogP contribution in [0.3, 0.4) is 0 Å². The van der Waals surface area contributed by atoms with Gasteiger partial charge in [0.1, 0.15) is 29.7 Å². The highest BCUT2D eigenvalue weighted by Crippen LogP contribution is 2.50. The number of nitrogen functional groups attached to an aromatic ring is 1. The number of carbonyl (C=O) groups is 1. The first-order valence-electron chi connectivity index (χ1n) is 14.0. The number of halogens is 5. The number of amides is 1. The molecule has 2 aliphatic carbocycles. The maximum atomic E-state index is 14.2. The van der Waals surface area contributed by atoms with E-state index in [1.54, 1.807) is 19.2 Å². The van der Waals surface area contributed by atoms with Gasteiger partial charge in [-0.25, -0.2) is 13.8 Å². The average Bonchev–Trinajstić information content (AvgIpc) is 3.90. The van der Waals surface area contributed by atoms with Gasteiger partial charge in [0.25, 0.3) is 5.91 Å². The molecule has 2 saturated carbocycles. The zero-order valence-corrected chi connectivity index (χ0v) is 23.2. The van der Waals surface area contributed by atoms with E-state index in [4.69, 9.17) is 15.2 Å². The first-order chi connectivity index (χ1) is 20.5. The monoisotopic (exact) mass is 600 g/mol. The maximum absolute atomic E-state index is 14.2. The smallest absolute Gasteiger partial charge is 0.399 e. The number of anilines is 1.